The number of hydrogen-bond donors (Lipinski definition) is 0. The topological polar surface area (TPSA) is 97.4 Å². The number of esters is 1. The summed E-state index contributed by atoms with van der Waals surface area (Å²) in [7, 11) is 2.63. The predicted octanol–water partition coefficient (Wildman–Crippen LogP) is 3.82. The van der Waals surface area contributed by atoms with E-state index < -0.39 is 5.97 Å². The number of ether oxygens (including phenoxy) is 2. The maximum atomic E-state index is 11.4. The molecule has 2 aromatic rings. The molecule has 0 aliphatic carbocycles. The van der Waals surface area contributed by atoms with E-state index >= 15 is 0 Å². The molecule has 0 N–H and O–H groups in total. The average Bonchev–Trinajstić information content (AvgIpc) is 2.83. The van der Waals surface area contributed by atoms with Crippen LogP contribution in [0.15, 0.2) is 21.7 Å². The van der Waals surface area contributed by atoms with Gasteiger partial charge in [0.25, 0.3) is 0 Å². The first-order valence-electron chi connectivity index (χ1n) is 5.05. The van der Waals surface area contributed by atoms with Crippen molar-refractivity contribution in [3.63, 3.8) is 0 Å². The predicted molar refractivity (Wildman–Crippen MR) is 67.9 cm³/mol. The first kappa shape index (κ1) is 13.1. The fourth-order valence-corrected chi connectivity index (χ4v) is 1.95. The molecule has 0 spiro atoms. The van der Waals surface area contributed by atoms with E-state index in [1.54, 1.807) is 0 Å². The third-order valence-electron chi connectivity index (χ3n) is 2.44. The Bertz CT molecular complexity index is 704. The van der Waals surface area contributed by atoms with E-state index in [1.165, 1.54) is 26.4 Å². The molecule has 0 radical (unpaired) electrons. The van der Waals surface area contributed by atoms with Gasteiger partial charge in [-0.15, -0.1) is 0 Å². The molecule has 0 atom stereocenters. The molecule has 1 heterocycles. The Balaban J connectivity index is 2.75. The van der Waals surface area contributed by atoms with Gasteiger partial charge in [0.1, 0.15) is 11.3 Å². The highest BCUT2D eigenvalue weighted by atomic mass is 35.5. The summed E-state index contributed by atoms with van der Waals surface area (Å²) in [6, 6.07) is 2.87. The molecule has 0 aliphatic heterocycles. The molecule has 0 amide bonds. The van der Waals surface area contributed by atoms with Crippen LogP contribution in [-0.4, -0.2) is 20.2 Å². The van der Waals surface area contributed by atoms with E-state index in [0.717, 1.165) is 0 Å². The van der Waals surface area contributed by atoms with Gasteiger partial charge < -0.3 is 13.9 Å². The van der Waals surface area contributed by atoms with Gasteiger partial charge in [-0.1, -0.05) is 16.7 Å². The number of benzene rings is 1. The minimum Gasteiger partial charge on any atom is -0.495 e. The molecular formula is C11H8ClN3O4. The van der Waals surface area contributed by atoms with Gasteiger partial charge in [0.2, 0.25) is 5.76 Å². The van der Waals surface area contributed by atoms with E-state index in [2.05, 4.69) is 14.8 Å². The van der Waals surface area contributed by atoms with Crippen LogP contribution < -0.4 is 4.74 Å². The van der Waals surface area contributed by atoms with Crippen LogP contribution in [0.4, 0.5) is 5.69 Å². The van der Waals surface area contributed by atoms with Crippen molar-refractivity contribution in [2.24, 2.45) is 5.11 Å². The maximum Gasteiger partial charge on any atom is 0.373 e. The highest BCUT2D eigenvalue weighted by molar-refractivity contribution is 6.37. The number of nitrogens with zero attached hydrogens (tertiary/aromatic N) is 3. The molecule has 0 saturated heterocycles. The third-order valence-corrected chi connectivity index (χ3v) is 2.82. The Kier molecular flexibility index (Phi) is 3.50. The van der Waals surface area contributed by atoms with Crippen LogP contribution in [0.2, 0.25) is 5.02 Å². The summed E-state index contributed by atoms with van der Waals surface area (Å²) in [6.45, 7) is 0. The zero-order chi connectivity index (χ0) is 14.0. The minimum absolute atomic E-state index is 0.000426. The van der Waals surface area contributed by atoms with Crippen LogP contribution in [0.5, 0.6) is 5.75 Å². The average molecular weight is 282 g/mol. The van der Waals surface area contributed by atoms with Crippen molar-refractivity contribution in [1.82, 2.24) is 0 Å². The Morgan fingerprint density at radius 1 is 1.47 bits per heavy atom. The number of halogens is 1. The van der Waals surface area contributed by atoms with Crippen LogP contribution in [0.1, 0.15) is 10.6 Å². The van der Waals surface area contributed by atoms with Crippen molar-refractivity contribution in [3.8, 4) is 5.75 Å². The second-order valence-electron chi connectivity index (χ2n) is 3.45. The van der Waals surface area contributed by atoms with Crippen molar-refractivity contribution >= 4 is 34.2 Å². The summed E-state index contributed by atoms with van der Waals surface area (Å²) in [5.74, 6) is -0.416. The second kappa shape index (κ2) is 5.09. The van der Waals surface area contributed by atoms with Gasteiger partial charge in [-0.2, -0.15) is 0 Å². The van der Waals surface area contributed by atoms with Crippen molar-refractivity contribution < 1.29 is 18.7 Å². The van der Waals surface area contributed by atoms with Crippen LogP contribution in [0.3, 0.4) is 0 Å². The molecule has 1 aromatic carbocycles. The second-order valence-corrected chi connectivity index (χ2v) is 3.82. The summed E-state index contributed by atoms with van der Waals surface area (Å²) in [5.41, 5.74) is 8.96. The number of furan rings is 1. The van der Waals surface area contributed by atoms with Gasteiger partial charge in [0.05, 0.1) is 24.9 Å². The molecule has 7 nitrogen and oxygen atoms in total. The number of carbonyl (C=O) groups is 1. The van der Waals surface area contributed by atoms with Gasteiger partial charge in [-0.3, -0.25) is 0 Å². The lowest BCUT2D eigenvalue weighted by atomic mass is 10.2. The molecular weight excluding hydrogens is 274 g/mol. The van der Waals surface area contributed by atoms with E-state index in [9.17, 15) is 4.79 Å². The van der Waals surface area contributed by atoms with E-state index in [-0.39, 0.29) is 22.2 Å². The zero-order valence-electron chi connectivity index (χ0n) is 10.0. The van der Waals surface area contributed by atoms with Crippen LogP contribution >= 0.6 is 11.6 Å². The summed E-state index contributed by atoms with van der Waals surface area (Å²) in [4.78, 5) is 14.1. The van der Waals surface area contributed by atoms with Crippen LogP contribution in [0.25, 0.3) is 21.4 Å². The minimum atomic E-state index is -0.628. The summed E-state index contributed by atoms with van der Waals surface area (Å²) in [6.07, 6.45) is 0. The highest BCUT2D eigenvalue weighted by Crippen LogP contribution is 2.42. The lowest BCUT2D eigenvalue weighted by molar-refractivity contribution is 0.0567. The number of fused-ring (bicyclic) bond motifs is 1. The molecule has 19 heavy (non-hydrogen) atoms. The van der Waals surface area contributed by atoms with Crippen LogP contribution in [-0.2, 0) is 4.74 Å². The molecule has 0 bridgehead atoms. The van der Waals surface area contributed by atoms with Crippen LogP contribution in [0, 0.1) is 0 Å². The highest BCUT2D eigenvalue weighted by Gasteiger charge is 2.19. The van der Waals surface area contributed by atoms with Crippen molar-refractivity contribution in [2.45, 2.75) is 0 Å². The van der Waals surface area contributed by atoms with E-state index in [1.807, 2.05) is 0 Å². The third kappa shape index (κ3) is 2.16. The molecule has 0 aliphatic rings. The standard InChI is InChI=1S/C11H8ClN3O4/c1-17-10-6(14-15-13)4-7-5(9(10)12)3-8(19-7)11(16)18-2/h3-4H,1-2H3. The zero-order valence-corrected chi connectivity index (χ0v) is 10.8. The SMILES string of the molecule is COC(=O)c1cc2c(Cl)c(OC)c(N=[N+]=[N-])cc2o1. The van der Waals surface area contributed by atoms with Crippen molar-refractivity contribution in [3.05, 3.63) is 33.4 Å². The molecule has 0 saturated carbocycles. The van der Waals surface area contributed by atoms with Gasteiger partial charge >= 0.3 is 5.97 Å². The monoisotopic (exact) mass is 281 g/mol. The first-order valence-corrected chi connectivity index (χ1v) is 5.43. The first-order chi connectivity index (χ1) is 9.12. The smallest absolute Gasteiger partial charge is 0.373 e. The molecule has 98 valence electrons. The van der Waals surface area contributed by atoms with Crippen molar-refractivity contribution in [1.29, 1.82) is 0 Å². The number of carbonyl (C=O) groups excluding carboxylic acids is 1. The van der Waals surface area contributed by atoms with E-state index in [4.69, 9.17) is 26.3 Å². The quantitative estimate of drug-likeness (QED) is 0.369. The fourth-order valence-electron chi connectivity index (χ4n) is 1.63. The lowest BCUT2D eigenvalue weighted by Crippen LogP contribution is -1.97. The normalized spacial score (nSPS) is 10.1. The molecule has 0 unspecified atom stereocenters. The Labute approximate surface area is 112 Å². The van der Waals surface area contributed by atoms with Gasteiger partial charge in [0.15, 0.2) is 0 Å². The summed E-state index contributed by atoms with van der Waals surface area (Å²) in [5, 5.41) is 4.12. The Morgan fingerprint density at radius 3 is 2.79 bits per heavy atom. The van der Waals surface area contributed by atoms with Gasteiger partial charge in [-0.05, 0) is 11.6 Å². The van der Waals surface area contributed by atoms with E-state index in [0.29, 0.717) is 11.0 Å². The molecule has 2 rings (SSSR count). The fraction of sp³-hybridized carbons (Fsp3) is 0.182. The summed E-state index contributed by atoms with van der Waals surface area (Å²) < 4.78 is 14.9. The number of hydrogen-bond acceptors (Lipinski definition) is 5. The van der Waals surface area contributed by atoms with Crippen molar-refractivity contribution in [2.75, 3.05) is 14.2 Å². The number of azide groups is 1. The Hall–Kier alpha value is -2.37. The number of methoxy groups -OCH3 is 2. The van der Waals surface area contributed by atoms with Gasteiger partial charge in [0, 0.05) is 16.4 Å². The lowest BCUT2D eigenvalue weighted by Gasteiger charge is -2.06. The molecule has 0 fully saturated rings. The molecule has 1 aromatic heterocycles. The maximum absolute atomic E-state index is 11.4. The largest absolute Gasteiger partial charge is 0.495 e. The summed E-state index contributed by atoms with van der Waals surface area (Å²) >= 11 is 6.12. The molecule has 8 heteroatoms. The van der Waals surface area contributed by atoms with Gasteiger partial charge in [-0.25, -0.2) is 4.79 Å². The Morgan fingerprint density at radius 2 is 2.21 bits per heavy atom. The number of rotatable bonds is 3.